The Kier molecular flexibility index (Phi) is 6.71. The van der Waals surface area contributed by atoms with Gasteiger partial charge in [-0.3, -0.25) is 10.1 Å². The van der Waals surface area contributed by atoms with Crippen LogP contribution in [0.5, 0.6) is 0 Å². The molecule has 0 spiro atoms. The first-order chi connectivity index (χ1) is 16.1. The maximum absolute atomic E-state index is 13.5. The molecule has 4 rings (SSSR count). The number of hydrogen-bond acceptors (Lipinski definition) is 5. The van der Waals surface area contributed by atoms with Gasteiger partial charge in [0.1, 0.15) is 18.6 Å². The summed E-state index contributed by atoms with van der Waals surface area (Å²) in [5.41, 5.74) is -0.750. The van der Waals surface area contributed by atoms with Gasteiger partial charge in [0.05, 0.1) is 27.7 Å². The van der Waals surface area contributed by atoms with Crippen LogP contribution in [0.2, 0.25) is 10.0 Å². The topological polar surface area (TPSA) is 90.5 Å². The van der Waals surface area contributed by atoms with Gasteiger partial charge in [-0.15, -0.1) is 5.10 Å². The van der Waals surface area contributed by atoms with Crippen LogP contribution < -0.4 is 5.32 Å². The number of aryl methyl sites for hydroxylation is 1. The van der Waals surface area contributed by atoms with E-state index in [0.717, 1.165) is 10.2 Å². The number of carbonyl (C=O) groups excluding carboxylic acids is 1. The summed E-state index contributed by atoms with van der Waals surface area (Å²) in [6, 6.07) is 5.72. The molecule has 0 radical (unpaired) electrons. The normalized spacial score (nSPS) is 11.7. The molecule has 0 atom stereocenters. The number of carbonyl (C=O) groups is 1. The van der Waals surface area contributed by atoms with Gasteiger partial charge in [0.15, 0.2) is 5.65 Å². The van der Waals surface area contributed by atoms with E-state index in [1.54, 1.807) is 18.2 Å². The van der Waals surface area contributed by atoms with Gasteiger partial charge in [-0.1, -0.05) is 29.3 Å². The lowest BCUT2D eigenvalue weighted by Gasteiger charge is -2.08. The van der Waals surface area contributed by atoms with Crippen molar-refractivity contribution in [1.29, 1.82) is 0 Å². The van der Waals surface area contributed by atoms with Crippen LogP contribution in [-0.4, -0.2) is 35.4 Å². The van der Waals surface area contributed by atoms with Crippen LogP contribution in [-0.2, 0) is 17.9 Å². The van der Waals surface area contributed by atoms with E-state index in [9.17, 15) is 22.4 Å². The van der Waals surface area contributed by atoms with Gasteiger partial charge >= 0.3 is 0 Å². The van der Waals surface area contributed by atoms with Crippen LogP contribution >= 0.6 is 23.2 Å². The van der Waals surface area contributed by atoms with Crippen LogP contribution in [0.4, 0.5) is 23.5 Å². The fourth-order valence-electron chi connectivity index (χ4n) is 3.35. The number of amides is 1. The number of benzene rings is 1. The minimum absolute atomic E-state index is 0.0206. The average Bonchev–Trinajstić information content (AvgIpc) is 3.33. The molecule has 8 nitrogen and oxygen atoms in total. The quantitative estimate of drug-likeness (QED) is 0.341. The van der Waals surface area contributed by atoms with Crippen LogP contribution in [0.25, 0.3) is 11.0 Å². The van der Waals surface area contributed by atoms with Crippen LogP contribution in [0.15, 0.2) is 30.6 Å². The molecule has 1 N–H and O–H groups in total. The standard InChI is InChI=1S/C20H15Cl2F4N7O/c1-9-16-11(17(23)24)5-14(18(25)26)28-19(16)33(30-9)7-15(34)29-20-27-8-32(31-20)6-10-2-3-12(21)13(22)4-10/h2-5,8,17-18H,6-7H2,1H3,(H,29,31,34). The zero-order valence-corrected chi connectivity index (χ0v) is 18.8. The molecule has 0 bridgehead atoms. The molecule has 1 aromatic carbocycles. The first-order valence-electron chi connectivity index (χ1n) is 9.70. The van der Waals surface area contributed by atoms with Crippen molar-refractivity contribution >= 4 is 46.1 Å². The lowest BCUT2D eigenvalue weighted by atomic mass is 10.1. The van der Waals surface area contributed by atoms with Crippen molar-refractivity contribution in [3.05, 3.63) is 63.2 Å². The van der Waals surface area contributed by atoms with Gasteiger partial charge in [0.25, 0.3) is 12.9 Å². The molecule has 1 amide bonds. The summed E-state index contributed by atoms with van der Waals surface area (Å²) in [5.74, 6) is -0.674. The average molecular weight is 516 g/mol. The van der Waals surface area contributed by atoms with E-state index in [2.05, 4.69) is 25.5 Å². The van der Waals surface area contributed by atoms with Crippen molar-refractivity contribution in [3.63, 3.8) is 0 Å². The maximum Gasteiger partial charge on any atom is 0.280 e. The summed E-state index contributed by atoms with van der Waals surface area (Å²) < 4.78 is 55.7. The molecule has 0 unspecified atom stereocenters. The molecule has 3 heterocycles. The molecule has 3 aromatic heterocycles. The van der Waals surface area contributed by atoms with Crippen molar-refractivity contribution in [2.45, 2.75) is 32.9 Å². The third-order valence-electron chi connectivity index (χ3n) is 4.80. The fraction of sp³-hybridized carbons (Fsp3) is 0.250. The summed E-state index contributed by atoms with van der Waals surface area (Å²) in [6.07, 6.45) is -4.70. The van der Waals surface area contributed by atoms with E-state index in [4.69, 9.17) is 23.2 Å². The van der Waals surface area contributed by atoms with Crippen molar-refractivity contribution in [3.8, 4) is 0 Å². The molecular weight excluding hydrogens is 501 g/mol. The number of halogens is 6. The highest BCUT2D eigenvalue weighted by Gasteiger charge is 2.24. The predicted octanol–water partition coefficient (Wildman–Crippen LogP) is 5.20. The second-order valence-electron chi connectivity index (χ2n) is 7.24. The van der Waals surface area contributed by atoms with Crippen molar-refractivity contribution in [2.24, 2.45) is 0 Å². The zero-order valence-electron chi connectivity index (χ0n) is 17.3. The van der Waals surface area contributed by atoms with Crippen molar-refractivity contribution < 1.29 is 22.4 Å². The number of fused-ring (bicyclic) bond motifs is 1. The second-order valence-corrected chi connectivity index (χ2v) is 8.06. The molecular formula is C20H15Cl2F4N7O. The Hall–Kier alpha value is -3.25. The van der Waals surface area contributed by atoms with E-state index in [-0.39, 0.29) is 22.7 Å². The molecule has 34 heavy (non-hydrogen) atoms. The highest BCUT2D eigenvalue weighted by molar-refractivity contribution is 6.42. The van der Waals surface area contributed by atoms with Gasteiger partial charge in [-0.05, 0) is 30.7 Å². The number of nitrogens with one attached hydrogen (secondary N) is 1. The largest absolute Gasteiger partial charge is 0.292 e. The summed E-state index contributed by atoms with van der Waals surface area (Å²) in [6.45, 7) is 1.26. The Bertz CT molecular complexity index is 1370. The molecule has 0 fully saturated rings. The molecule has 0 aliphatic carbocycles. The predicted molar refractivity (Wildman–Crippen MR) is 116 cm³/mol. The number of aromatic nitrogens is 6. The Balaban J connectivity index is 1.52. The number of nitrogens with zero attached hydrogens (tertiary/aromatic N) is 6. The monoisotopic (exact) mass is 515 g/mol. The molecule has 0 saturated heterocycles. The van der Waals surface area contributed by atoms with Gasteiger partial charge < -0.3 is 0 Å². The lowest BCUT2D eigenvalue weighted by Crippen LogP contribution is -2.21. The molecule has 0 aliphatic heterocycles. The highest BCUT2D eigenvalue weighted by atomic mass is 35.5. The van der Waals surface area contributed by atoms with Crippen LogP contribution in [0.3, 0.4) is 0 Å². The summed E-state index contributed by atoms with van der Waals surface area (Å²) >= 11 is 11.9. The first kappa shape index (κ1) is 23.9. The number of pyridine rings is 1. The number of alkyl halides is 4. The molecule has 0 aliphatic rings. The minimum atomic E-state index is -3.07. The van der Waals surface area contributed by atoms with E-state index in [0.29, 0.717) is 22.7 Å². The van der Waals surface area contributed by atoms with E-state index >= 15 is 0 Å². The summed E-state index contributed by atoms with van der Waals surface area (Å²) in [7, 11) is 0. The van der Waals surface area contributed by atoms with Crippen molar-refractivity contribution in [1.82, 2.24) is 29.5 Å². The zero-order chi connectivity index (χ0) is 24.6. The first-order valence-corrected chi connectivity index (χ1v) is 10.5. The smallest absolute Gasteiger partial charge is 0.280 e. The summed E-state index contributed by atoms with van der Waals surface area (Å²) in [5, 5.41) is 11.3. The van der Waals surface area contributed by atoms with Gasteiger partial charge in [0, 0.05) is 5.56 Å². The van der Waals surface area contributed by atoms with E-state index in [1.807, 2.05) is 0 Å². The molecule has 0 saturated carbocycles. The number of hydrogen-bond donors (Lipinski definition) is 1. The molecule has 4 aromatic rings. The number of anilines is 1. The maximum atomic E-state index is 13.5. The van der Waals surface area contributed by atoms with Crippen molar-refractivity contribution in [2.75, 3.05) is 5.32 Å². The van der Waals surface area contributed by atoms with E-state index < -0.39 is 36.6 Å². The third-order valence-corrected chi connectivity index (χ3v) is 5.54. The highest BCUT2D eigenvalue weighted by Crippen LogP contribution is 2.32. The molecule has 178 valence electrons. The van der Waals surface area contributed by atoms with E-state index in [1.165, 1.54) is 17.9 Å². The minimum Gasteiger partial charge on any atom is -0.292 e. The van der Waals surface area contributed by atoms with Gasteiger partial charge in [0.2, 0.25) is 11.9 Å². The fourth-order valence-corrected chi connectivity index (χ4v) is 3.68. The summed E-state index contributed by atoms with van der Waals surface area (Å²) in [4.78, 5) is 20.2. The Morgan fingerprint density at radius 3 is 2.53 bits per heavy atom. The van der Waals surface area contributed by atoms with Gasteiger partial charge in [-0.25, -0.2) is 36.9 Å². The third kappa shape index (κ3) is 4.97. The lowest BCUT2D eigenvalue weighted by molar-refractivity contribution is -0.116. The Morgan fingerprint density at radius 1 is 1.09 bits per heavy atom. The SMILES string of the molecule is Cc1nn(CC(=O)Nc2ncn(Cc3ccc(Cl)c(Cl)c3)n2)c2nc(C(F)F)cc(C(F)F)c12. The Morgan fingerprint density at radius 2 is 1.85 bits per heavy atom. The van der Waals surface area contributed by atoms with Crippen LogP contribution in [0.1, 0.15) is 35.4 Å². The van der Waals surface area contributed by atoms with Gasteiger partial charge in [-0.2, -0.15) is 5.10 Å². The molecule has 14 heteroatoms. The van der Waals surface area contributed by atoms with Crippen LogP contribution in [0, 0.1) is 6.92 Å². The second kappa shape index (κ2) is 9.55. The Labute approximate surface area is 199 Å². The number of rotatable bonds is 7.